The quantitative estimate of drug-likeness (QED) is 0.859. The molecule has 1 fully saturated rings. The van der Waals surface area contributed by atoms with E-state index in [1.807, 2.05) is 30.0 Å². The van der Waals surface area contributed by atoms with Gasteiger partial charge in [0.25, 0.3) is 0 Å². The number of nitrogens with zero attached hydrogens (tertiary/aromatic N) is 3. The van der Waals surface area contributed by atoms with Gasteiger partial charge in [-0.3, -0.25) is 9.78 Å². The molecule has 1 aliphatic heterocycles. The maximum absolute atomic E-state index is 12.1. The summed E-state index contributed by atoms with van der Waals surface area (Å²) in [5.41, 5.74) is 0.966. The lowest BCUT2D eigenvalue weighted by atomic mass is 10.2. The Kier molecular flexibility index (Phi) is 4.87. The Morgan fingerprint density at radius 3 is 2.74 bits per heavy atom. The summed E-state index contributed by atoms with van der Waals surface area (Å²) in [4.78, 5) is 20.5. The number of pyridine rings is 1. The Bertz CT molecular complexity index is 401. The van der Waals surface area contributed by atoms with E-state index in [4.69, 9.17) is 0 Å². The molecule has 5 heteroatoms. The summed E-state index contributed by atoms with van der Waals surface area (Å²) in [5, 5.41) is 3.24. The van der Waals surface area contributed by atoms with Crippen LogP contribution in [0.15, 0.2) is 24.4 Å². The van der Waals surface area contributed by atoms with Gasteiger partial charge in [0, 0.05) is 38.4 Å². The zero-order valence-electron chi connectivity index (χ0n) is 11.7. The Morgan fingerprint density at radius 1 is 1.37 bits per heavy atom. The second-order valence-corrected chi connectivity index (χ2v) is 5.04. The van der Waals surface area contributed by atoms with Crippen LogP contribution in [-0.4, -0.2) is 60.5 Å². The molecule has 2 rings (SSSR count). The van der Waals surface area contributed by atoms with Crippen molar-refractivity contribution in [2.75, 3.05) is 39.8 Å². The predicted octanol–water partition coefficient (Wildman–Crippen LogP) is 0.506. The SMILES string of the molecule is CC(NCC(=O)N1CCN(C)CC1)c1ccccn1. The first-order valence-electron chi connectivity index (χ1n) is 6.77. The van der Waals surface area contributed by atoms with Crippen molar-refractivity contribution < 1.29 is 4.79 Å². The lowest BCUT2D eigenvalue weighted by Crippen LogP contribution is -2.49. The van der Waals surface area contributed by atoms with Gasteiger partial charge in [0.1, 0.15) is 0 Å². The lowest BCUT2D eigenvalue weighted by molar-refractivity contribution is -0.131. The molecule has 0 saturated carbocycles. The van der Waals surface area contributed by atoms with Gasteiger partial charge >= 0.3 is 0 Å². The molecule has 1 N–H and O–H groups in total. The fourth-order valence-corrected chi connectivity index (χ4v) is 2.14. The summed E-state index contributed by atoms with van der Waals surface area (Å²) >= 11 is 0. The van der Waals surface area contributed by atoms with E-state index in [0.717, 1.165) is 31.9 Å². The minimum atomic E-state index is 0.0950. The fraction of sp³-hybridized carbons (Fsp3) is 0.571. The highest BCUT2D eigenvalue weighted by atomic mass is 16.2. The van der Waals surface area contributed by atoms with Crippen molar-refractivity contribution in [3.63, 3.8) is 0 Å². The second kappa shape index (κ2) is 6.63. The third-order valence-corrected chi connectivity index (χ3v) is 3.55. The molecule has 1 atom stereocenters. The van der Waals surface area contributed by atoms with Crippen molar-refractivity contribution in [3.05, 3.63) is 30.1 Å². The molecule has 0 radical (unpaired) electrons. The van der Waals surface area contributed by atoms with E-state index in [-0.39, 0.29) is 11.9 Å². The molecule has 1 unspecified atom stereocenters. The van der Waals surface area contributed by atoms with Crippen molar-refractivity contribution >= 4 is 5.91 Å². The maximum atomic E-state index is 12.1. The van der Waals surface area contributed by atoms with E-state index >= 15 is 0 Å². The van der Waals surface area contributed by atoms with Crippen LogP contribution in [0.1, 0.15) is 18.7 Å². The van der Waals surface area contributed by atoms with Crippen LogP contribution in [0.25, 0.3) is 0 Å². The number of nitrogens with one attached hydrogen (secondary N) is 1. The molecule has 1 aromatic rings. The topological polar surface area (TPSA) is 48.5 Å². The number of likely N-dealkylation sites (N-methyl/N-ethyl adjacent to an activating group) is 1. The molecule has 1 aliphatic rings. The molecule has 0 aliphatic carbocycles. The summed E-state index contributed by atoms with van der Waals surface area (Å²) < 4.78 is 0. The number of carbonyl (C=O) groups is 1. The smallest absolute Gasteiger partial charge is 0.236 e. The molecular weight excluding hydrogens is 240 g/mol. The van der Waals surface area contributed by atoms with Gasteiger partial charge in [-0.1, -0.05) is 6.07 Å². The highest BCUT2D eigenvalue weighted by Crippen LogP contribution is 2.07. The van der Waals surface area contributed by atoms with Crippen LogP contribution in [0.2, 0.25) is 0 Å². The van der Waals surface area contributed by atoms with Crippen molar-refractivity contribution in [2.24, 2.45) is 0 Å². The minimum absolute atomic E-state index is 0.0950. The highest BCUT2D eigenvalue weighted by Gasteiger charge is 2.19. The summed E-state index contributed by atoms with van der Waals surface area (Å²) in [7, 11) is 2.09. The number of piperazine rings is 1. The van der Waals surface area contributed by atoms with Crippen LogP contribution in [0.3, 0.4) is 0 Å². The van der Waals surface area contributed by atoms with Gasteiger partial charge in [-0.15, -0.1) is 0 Å². The predicted molar refractivity (Wildman–Crippen MR) is 74.7 cm³/mol. The lowest BCUT2D eigenvalue weighted by Gasteiger charge is -2.32. The third-order valence-electron chi connectivity index (χ3n) is 3.55. The number of rotatable bonds is 4. The van der Waals surface area contributed by atoms with Crippen LogP contribution >= 0.6 is 0 Å². The van der Waals surface area contributed by atoms with Gasteiger partial charge in [-0.25, -0.2) is 0 Å². The maximum Gasteiger partial charge on any atom is 0.236 e. The number of carbonyl (C=O) groups excluding carboxylic acids is 1. The van der Waals surface area contributed by atoms with Gasteiger partial charge in [0.05, 0.1) is 12.2 Å². The average molecular weight is 262 g/mol. The molecule has 1 aromatic heterocycles. The van der Waals surface area contributed by atoms with Crippen LogP contribution < -0.4 is 5.32 Å². The summed E-state index contributed by atoms with van der Waals surface area (Å²) in [6, 6.07) is 5.92. The van der Waals surface area contributed by atoms with E-state index in [1.165, 1.54) is 0 Å². The monoisotopic (exact) mass is 262 g/mol. The van der Waals surface area contributed by atoms with Gasteiger partial charge in [-0.2, -0.15) is 0 Å². The first-order chi connectivity index (χ1) is 9.16. The first-order valence-corrected chi connectivity index (χ1v) is 6.77. The highest BCUT2D eigenvalue weighted by molar-refractivity contribution is 5.78. The van der Waals surface area contributed by atoms with Gasteiger partial charge in [0.2, 0.25) is 5.91 Å². The number of amides is 1. The summed E-state index contributed by atoms with van der Waals surface area (Å²) in [6.07, 6.45) is 1.77. The zero-order chi connectivity index (χ0) is 13.7. The van der Waals surface area contributed by atoms with Gasteiger partial charge in [-0.05, 0) is 26.1 Å². The van der Waals surface area contributed by atoms with E-state index in [0.29, 0.717) is 6.54 Å². The van der Waals surface area contributed by atoms with Gasteiger partial charge in [0.15, 0.2) is 0 Å². The Morgan fingerprint density at radius 2 is 2.11 bits per heavy atom. The molecule has 104 valence electrons. The molecular formula is C14H22N4O. The molecule has 2 heterocycles. The Balaban J connectivity index is 1.77. The zero-order valence-corrected chi connectivity index (χ0v) is 11.7. The van der Waals surface area contributed by atoms with Crippen molar-refractivity contribution in [1.29, 1.82) is 0 Å². The number of aromatic nitrogens is 1. The van der Waals surface area contributed by atoms with E-state index in [9.17, 15) is 4.79 Å². The second-order valence-electron chi connectivity index (χ2n) is 5.04. The molecule has 0 spiro atoms. The largest absolute Gasteiger partial charge is 0.339 e. The van der Waals surface area contributed by atoms with Crippen LogP contribution in [-0.2, 0) is 4.79 Å². The summed E-state index contributed by atoms with van der Waals surface area (Å²) in [6.45, 7) is 5.98. The number of hydrogen-bond acceptors (Lipinski definition) is 4. The number of hydrogen-bond donors (Lipinski definition) is 1. The Labute approximate surface area is 114 Å². The standard InChI is InChI=1S/C14H22N4O/c1-12(13-5-3-4-6-15-13)16-11-14(19)18-9-7-17(2)8-10-18/h3-6,12,16H,7-11H2,1-2H3. The molecule has 1 amide bonds. The third kappa shape index (κ3) is 4.01. The van der Waals surface area contributed by atoms with E-state index < -0.39 is 0 Å². The van der Waals surface area contributed by atoms with Crippen LogP contribution in [0, 0.1) is 0 Å². The van der Waals surface area contributed by atoms with E-state index in [1.54, 1.807) is 6.20 Å². The molecule has 0 aromatic carbocycles. The molecule has 19 heavy (non-hydrogen) atoms. The average Bonchev–Trinajstić information content (AvgIpc) is 2.46. The summed E-state index contributed by atoms with van der Waals surface area (Å²) in [5.74, 6) is 0.177. The first kappa shape index (κ1) is 14.0. The van der Waals surface area contributed by atoms with Crippen LogP contribution in [0.5, 0.6) is 0 Å². The molecule has 5 nitrogen and oxygen atoms in total. The minimum Gasteiger partial charge on any atom is -0.339 e. The van der Waals surface area contributed by atoms with E-state index in [2.05, 4.69) is 22.2 Å². The Hall–Kier alpha value is -1.46. The molecule has 1 saturated heterocycles. The fourth-order valence-electron chi connectivity index (χ4n) is 2.14. The molecule has 0 bridgehead atoms. The van der Waals surface area contributed by atoms with Crippen molar-refractivity contribution in [1.82, 2.24) is 20.1 Å². The normalized spacial score (nSPS) is 18.3. The van der Waals surface area contributed by atoms with Crippen molar-refractivity contribution in [2.45, 2.75) is 13.0 Å². The van der Waals surface area contributed by atoms with Crippen molar-refractivity contribution in [3.8, 4) is 0 Å². The van der Waals surface area contributed by atoms with Gasteiger partial charge < -0.3 is 15.1 Å². The van der Waals surface area contributed by atoms with Crippen LogP contribution in [0.4, 0.5) is 0 Å².